The van der Waals surface area contributed by atoms with Gasteiger partial charge in [-0.2, -0.15) is 9.97 Å². The lowest BCUT2D eigenvalue weighted by Gasteiger charge is -2.21. The Morgan fingerprint density at radius 3 is 2.32 bits per heavy atom. The summed E-state index contributed by atoms with van der Waals surface area (Å²) >= 11 is 0. The van der Waals surface area contributed by atoms with Crippen molar-refractivity contribution >= 4 is 22.8 Å². The molecule has 100 valence electrons. The van der Waals surface area contributed by atoms with E-state index < -0.39 is 0 Å². The molecule has 4 rings (SSSR count). The van der Waals surface area contributed by atoms with Crippen LogP contribution < -0.4 is 9.80 Å². The highest BCUT2D eigenvalue weighted by Crippen LogP contribution is 2.29. The predicted octanol–water partition coefficient (Wildman–Crippen LogP) is 2.16. The lowest BCUT2D eigenvalue weighted by atomic mass is 10.3. The summed E-state index contributed by atoms with van der Waals surface area (Å²) in [5, 5.41) is 1.16. The van der Waals surface area contributed by atoms with Crippen LogP contribution in [-0.2, 0) is 0 Å². The topological polar surface area (TPSA) is 48.1 Å². The molecule has 2 saturated heterocycles. The van der Waals surface area contributed by atoms with E-state index in [1.807, 2.05) is 6.20 Å². The molecule has 5 heteroatoms. The molecule has 2 aromatic rings. The highest BCUT2D eigenvalue weighted by atomic mass is 15.3. The molecule has 0 radical (unpaired) electrons. The maximum Gasteiger partial charge on any atom is 0.229 e. The molecule has 2 aliphatic rings. The van der Waals surface area contributed by atoms with E-state index in [0.717, 1.165) is 49.0 Å². The Bertz CT molecular complexity index is 579. The molecule has 0 spiro atoms. The fourth-order valence-electron chi connectivity index (χ4n) is 3.14. The lowest BCUT2D eigenvalue weighted by molar-refractivity contribution is 0.881. The van der Waals surface area contributed by atoms with Crippen molar-refractivity contribution in [1.82, 2.24) is 15.0 Å². The van der Waals surface area contributed by atoms with Crippen LogP contribution in [0.25, 0.3) is 11.0 Å². The number of aromatic amines is 1. The van der Waals surface area contributed by atoms with Crippen LogP contribution in [0.15, 0.2) is 12.3 Å². The average Bonchev–Trinajstić information content (AvgIpc) is 3.18. The number of aromatic nitrogens is 3. The van der Waals surface area contributed by atoms with E-state index in [0.29, 0.717) is 0 Å². The van der Waals surface area contributed by atoms with E-state index in [4.69, 9.17) is 4.98 Å². The summed E-state index contributed by atoms with van der Waals surface area (Å²) in [7, 11) is 0. The van der Waals surface area contributed by atoms with Crippen LogP contribution in [0.1, 0.15) is 25.7 Å². The molecule has 19 heavy (non-hydrogen) atoms. The molecule has 0 unspecified atom stereocenters. The van der Waals surface area contributed by atoms with Gasteiger partial charge in [-0.1, -0.05) is 0 Å². The zero-order chi connectivity index (χ0) is 12.7. The Morgan fingerprint density at radius 2 is 1.58 bits per heavy atom. The summed E-state index contributed by atoms with van der Waals surface area (Å²) in [6.07, 6.45) is 7.02. The fraction of sp³-hybridized carbons (Fsp3) is 0.571. The molecule has 5 nitrogen and oxygen atoms in total. The first-order valence-electron chi connectivity index (χ1n) is 7.27. The third-order valence-corrected chi connectivity index (χ3v) is 4.18. The predicted molar refractivity (Wildman–Crippen MR) is 76.8 cm³/mol. The van der Waals surface area contributed by atoms with Gasteiger partial charge in [-0.25, -0.2) is 0 Å². The number of fused-ring (bicyclic) bond motifs is 1. The lowest BCUT2D eigenvalue weighted by Crippen LogP contribution is -2.24. The van der Waals surface area contributed by atoms with Crippen molar-refractivity contribution < 1.29 is 0 Å². The number of anilines is 2. The van der Waals surface area contributed by atoms with Gasteiger partial charge in [0.1, 0.15) is 11.5 Å². The van der Waals surface area contributed by atoms with Crippen LogP contribution in [0.2, 0.25) is 0 Å². The summed E-state index contributed by atoms with van der Waals surface area (Å²) in [6, 6.07) is 2.09. The molecule has 1 N–H and O–H groups in total. The van der Waals surface area contributed by atoms with Gasteiger partial charge in [0.05, 0.1) is 5.39 Å². The zero-order valence-corrected chi connectivity index (χ0v) is 11.1. The number of H-pyrrole nitrogens is 1. The largest absolute Gasteiger partial charge is 0.356 e. The van der Waals surface area contributed by atoms with E-state index in [2.05, 4.69) is 25.8 Å². The molecule has 0 amide bonds. The van der Waals surface area contributed by atoms with E-state index in [9.17, 15) is 0 Å². The zero-order valence-electron chi connectivity index (χ0n) is 11.1. The van der Waals surface area contributed by atoms with E-state index in [1.165, 1.54) is 25.7 Å². The Hall–Kier alpha value is -1.78. The molecular weight excluding hydrogens is 238 g/mol. The maximum absolute atomic E-state index is 4.86. The molecule has 0 aromatic carbocycles. The standard InChI is InChI=1S/C14H19N5/c1-2-8-18(7-1)13-11-5-6-15-12(11)16-14(17-13)19-9-3-4-10-19/h5-6H,1-4,7-10H2,(H,15,16,17). The van der Waals surface area contributed by atoms with Crippen molar-refractivity contribution in [2.24, 2.45) is 0 Å². The van der Waals surface area contributed by atoms with Gasteiger partial charge in [-0.05, 0) is 31.7 Å². The van der Waals surface area contributed by atoms with Gasteiger partial charge < -0.3 is 14.8 Å². The second kappa shape index (κ2) is 4.40. The molecule has 0 aliphatic carbocycles. The summed E-state index contributed by atoms with van der Waals surface area (Å²) in [4.78, 5) is 17.5. The summed E-state index contributed by atoms with van der Waals surface area (Å²) in [5.74, 6) is 2.01. The second-order valence-corrected chi connectivity index (χ2v) is 5.48. The molecule has 2 aliphatic heterocycles. The van der Waals surface area contributed by atoms with Crippen molar-refractivity contribution in [1.29, 1.82) is 0 Å². The van der Waals surface area contributed by atoms with Gasteiger partial charge in [0.25, 0.3) is 0 Å². The summed E-state index contributed by atoms with van der Waals surface area (Å²) < 4.78 is 0. The SMILES string of the molecule is c1cc2c(N3CCCC3)nc(N3CCCC3)nc2[nH]1. The van der Waals surface area contributed by atoms with Crippen LogP contribution in [0.5, 0.6) is 0 Å². The van der Waals surface area contributed by atoms with Gasteiger partial charge in [0.2, 0.25) is 5.95 Å². The fourth-order valence-corrected chi connectivity index (χ4v) is 3.14. The molecule has 2 fully saturated rings. The highest BCUT2D eigenvalue weighted by Gasteiger charge is 2.21. The Morgan fingerprint density at radius 1 is 0.895 bits per heavy atom. The summed E-state index contributed by atoms with van der Waals surface area (Å²) in [5.41, 5.74) is 0.971. The molecule has 0 atom stereocenters. The molecule has 4 heterocycles. The first-order valence-corrected chi connectivity index (χ1v) is 7.27. The minimum atomic E-state index is 0.898. The average molecular weight is 257 g/mol. The Labute approximate surface area is 112 Å². The normalized spacial score (nSPS) is 19.8. The molecule has 2 aromatic heterocycles. The van der Waals surface area contributed by atoms with Crippen molar-refractivity contribution in [3.63, 3.8) is 0 Å². The third-order valence-electron chi connectivity index (χ3n) is 4.18. The number of nitrogens with one attached hydrogen (secondary N) is 1. The van der Waals surface area contributed by atoms with Gasteiger partial charge in [0, 0.05) is 32.4 Å². The van der Waals surface area contributed by atoms with E-state index >= 15 is 0 Å². The van der Waals surface area contributed by atoms with Crippen molar-refractivity contribution in [2.45, 2.75) is 25.7 Å². The summed E-state index contributed by atoms with van der Waals surface area (Å²) in [6.45, 7) is 4.42. The van der Waals surface area contributed by atoms with Crippen LogP contribution >= 0.6 is 0 Å². The number of rotatable bonds is 2. The quantitative estimate of drug-likeness (QED) is 0.895. The Kier molecular flexibility index (Phi) is 2.57. The van der Waals surface area contributed by atoms with Gasteiger partial charge in [-0.3, -0.25) is 0 Å². The van der Waals surface area contributed by atoms with Crippen LogP contribution in [0.4, 0.5) is 11.8 Å². The van der Waals surface area contributed by atoms with Crippen LogP contribution in [0.3, 0.4) is 0 Å². The van der Waals surface area contributed by atoms with Gasteiger partial charge >= 0.3 is 0 Å². The van der Waals surface area contributed by atoms with Gasteiger partial charge in [0.15, 0.2) is 0 Å². The number of hydrogen-bond acceptors (Lipinski definition) is 4. The van der Waals surface area contributed by atoms with Crippen LogP contribution in [-0.4, -0.2) is 41.1 Å². The molecular formula is C14H19N5. The highest BCUT2D eigenvalue weighted by molar-refractivity contribution is 5.88. The second-order valence-electron chi connectivity index (χ2n) is 5.48. The van der Waals surface area contributed by atoms with Crippen molar-refractivity contribution in [3.05, 3.63) is 12.3 Å². The third kappa shape index (κ3) is 1.84. The first kappa shape index (κ1) is 11.1. The smallest absolute Gasteiger partial charge is 0.229 e. The number of nitrogens with zero attached hydrogens (tertiary/aromatic N) is 4. The Balaban J connectivity index is 1.81. The molecule has 0 saturated carbocycles. The first-order chi connectivity index (χ1) is 9.42. The minimum absolute atomic E-state index is 0.898. The molecule has 0 bridgehead atoms. The maximum atomic E-state index is 4.86. The van der Waals surface area contributed by atoms with E-state index in [-0.39, 0.29) is 0 Å². The number of hydrogen-bond donors (Lipinski definition) is 1. The van der Waals surface area contributed by atoms with Crippen molar-refractivity contribution in [2.75, 3.05) is 36.0 Å². The van der Waals surface area contributed by atoms with Crippen molar-refractivity contribution in [3.8, 4) is 0 Å². The minimum Gasteiger partial charge on any atom is -0.356 e. The van der Waals surface area contributed by atoms with Crippen LogP contribution in [0, 0.1) is 0 Å². The van der Waals surface area contributed by atoms with E-state index in [1.54, 1.807) is 0 Å². The monoisotopic (exact) mass is 257 g/mol. The van der Waals surface area contributed by atoms with Gasteiger partial charge in [-0.15, -0.1) is 0 Å².